The third kappa shape index (κ3) is 6.62. The molecule has 1 unspecified atom stereocenters. The quantitative estimate of drug-likeness (QED) is 0.701. The van der Waals surface area contributed by atoms with Crippen LogP contribution in [0.1, 0.15) is 47.5 Å². The maximum absolute atomic E-state index is 10.7. The Morgan fingerprint density at radius 2 is 2.00 bits per heavy atom. The van der Waals surface area contributed by atoms with Crippen molar-refractivity contribution >= 4 is 5.91 Å². The Bertz CT molecular complexity index is 163. The van der Waals surface area contributed by atoms with Crippen LogP contribution in [0.4, 0.5) is 0 Å². The summed E-state index contributed by atoms with van der Waals surface area (Å²) in [6.07, 6.45) is 2.36. The van der Waals surface area contributed by atoms with Crippen molar-refractivity contribution in [3.05, 3.63) is 0 Å². The minimum atomic E-state index is 0.0705. The smallest absolute Gasteiger partial charge is 0.216 e. The first-order valence-corrected chi connectivity index (χ1v) is 5.12. The molecule has 0 radical (unpaired) electrons. The van der Waals surface area contributed by atoms with E-state index < -0.39 is 0 Å². The van der Waals surface area contributed by atoms with Gasteiger partial charge in [0.2, 0.25) is 5.91 Å². The van der Waals surface area contributed by atoms with E-state index in [1.807, 2.05) is 0 Å². The standard InChI is InChI=1S/C11H23NO/c1-6-11(4,5)7-9(2)8-12-10(3)13/h9H,6-8H2,1-5H3,(H,12,13). The Kier molecular flexibility index (Phi) is 5.04. The third-order valence-electron chi connectivity index (χ3n) is 2.56. The van der Waals surface area contributed by atoms with Crippen LogP contribution in [-0.4, -0.2) is 12.5 Å². The Morgan fingerprint density at radius 1 is 1.46 bits per heavy atom. The predicted octanol–water partition coefficient (Wildman–Crippen LogP) is 2.58. The van der Waals surface area contributed by atoms with E-state index in [0.29, 0.717) is 11.3 Å². The number of carbonyl (C=O) groups excluding carboxylic acids is 1. The monoisotopic (exact) mass is 185 g/mol. The highest BCUT2D eigenvalue weighted by Gasteiger charge is 2.18. The van der Waals surface area contributed by atoms with Gasteiger partial charge in [-0.25, -0.2) is 0 Å². The summed E-state index contributed by atoms with van der Waals surface area (Å²) in [5, 5.41) is 2.85. The Labute approximate surface area is 82.1 Å². The van der Waals surface area contributed by atoms with Gasteiger partial charge in [0.05, 0.1) is 0 Å². The van der Waals surface area contributed by atoms with E-state index in [1.165, 1.54) is 12.8 Å². The van der Waals surface area contributed by atoms with Gasteiger partial charge >= 0.3 is 0 Å². The van der Waals surface area contributed by atoms with Crippen molar-refractivity contribution in [1.29, 1.82) is 0 Å². The van der Waals surface area contributed by atoms with E-state index in [4.69, 9.17) is 0 Å². The minimum absolute atomic E-state index is 0.0705. The highest BCUT2D eigenvalue weighted by Crippen LogP contribution is 2.28. The number of hydrogen-bond acceptors (Lipinski definition) is 1. The lowest BCUT2D eigenvalue weighted by Crippen LogP contribution is -2.28. The van der Waals surface area contributed by atoms with E-state index in [1.54, 1.807) is 6.92 Å². The summed E-state index contributed by atoms with van der Waals surface area (Å²) in [5.41, 5.74) is 0.401. The zero-order chi connectivity index (χ0) is 10.5. The summed E-state index contributed by atoms with van der Waals surface area (Å²) < 4.78 is 0. The summed E-state index contributed by atoms with van der Waals surface area (Å²) >= 11 is 0. The molecule has 0 aliphatic heterocycles. The normalized spacial score (nSPS) is 13.9. The van der Waals surface area contributed by atoms with E-state index >= 15 is 0 Å². The van der Waals surface area contributed by atoms with Gasteiger partial charge in [-0.2, -0.15) is 0 Å². The van der Waals surface area contributed by atoms with Crippen LogP contribution in [0.25, 0.3) is 0 Å². The molecule has 0 saturated carbocycles. The van der Waals surface area contributed by atoms with Gasteiger partial charge in [-0.15, -0.1) is 0 Å². The molecule has 0 aliphatic rings. The summed E-state index contributed by atoms with van der Waals surface area (Å²) in [4.78, 5) is 10.7. The molecule has 0 aliphatic carbocycles. The summed E-state index contributed by atoms with van der Waals surface area (Å²) in [6, 6.07) is 0. The third-order valence-corrected chi connectivity index (χ3v) is 2.56. The van der Waals surface area contributed by atoms with Crippen LogP contribution in [0.15, 0.2) is 0 Å². The molecule has 0 saturated heterocycles. The average Bonchev–Trinajstić information content (AvgIpc) is 2.00. The van der Waals surface area contributed by atoms with Crippen molar-refractivity contribution in [2.45, 2.75) is 47.5 Å². The second-order valence-corrected chi connectivity index (χ2v) is 4.76. The molecular formula is C11H23NO. The number of nitrogens with one attached hydrogen (secondary N) is 1. The van der Waals surface area contributed by atoms with Crippen molar-refractivity contribution in [3.8, 4) is 0 Å². The van der Waals surface area contributed by atoms with Crippen molar-refractivity contribution < 1.29 is 4.79 Å². The molecule has 78 valence electrons. The van der Waals surface area contributed by atoms with Gasteiger partial charge < -0.3 is 5.32 Å². The van der Waals surface area contributed by atoms with Gasteiger partial charge in [0.1, 0.15) is 0 Å². The van der Waals surface area contributed by atoms with Crippen LogP contribution < -0.4 is 5.32 Å². The molecule has 1 atom stereocenters. The van der Waals surface area contributed by atoms with Crippen molar-refractivity contribution in [1.82, 2.24) is 5.32 Å². The molecular weight excluding hydrogens is 162 g/mol. The van der Waals surface area contributed by atoms with E-state index in [-0.39, 0.29) is 5.91 Å². The fourth-order valence-corrected chi connectivity index (χ4v) is 1.48. The van der Waals surface area contributed by atoms with E-state index in [0.717, 1.165) is 6.54 Å². The van der Waals surface area contributed by atoms with Gasteiger partial charge in [0.25, 0.3) is 0 Å². The minimum Gasteiger partial charge on any atom is -0.356 e. The molecule has 2 heteroatoms. The molecule has 2 nitrogen and oxygen atoms in total. The molecule has 0 heterocycles. The van der Waals surface area contributed by atoms with Crippen molar-refractivity contribution in [2.24, 2.45) is 11.3 Å². The fraction of sp³-hybridized carbons (Fsp3) is 0.909. The van der Waals surface area contributed by atoms with Crippen molar-refractivity contribution in [3.63, 3.8) is 0 Å². The van der Waals surface area contributed by atoms with Gasteiger partial charge in [-0.3, -0.25) is 4.79 Å². The molecule has 0 aromatic rings. The Morgan fingerprint density at radius 3 is 2.38 bits per heavy atom. The lowest BCUT2D eigenvalue weighted by Gasteiger charge is -2.26. The molecule has 0 bridgehead atoms. The predicted molar refractivity (Wildman–Crippen MR) is 56.5 cm³/mol. The number of carbonyl (C=O) groups is 1. The maximum atomic E-state index is 10.7. The maximum Gasteiger partial charge on any atom is 0.216 e. The lowest BCUT2D eigenvalue weighted by molar-refractivity contribution is -0.119. The first-order chi connectivity index (χ1) is 5.87. The fourth-order valence-electron chi connectivity index (χ4n) is 1.48. The summed E-state index contributed by atoms with van der Waals surface area (Å²) in [7, 11) is 0. The van der Waals surface area contributed by atoms with Crippen LogP contribution >= 0.6 is 0 Å². The Balaban J connectivity index is 3.73. The second-order valence-electron chi connectivity index (χ2n) is 4.76. The number of amides is 1. The molecule has 0 aromatic carbocycles. The molecule has 0 fully saturated rings. The van der Waals surface area contributed by atoms with Crippen LogP contribution in [0.5, 0.6) is 0 Å². The van der Waals surface area contributed by atoms with E-state index in [2.05, 4.69) is 33.0 Å². The van der Waals surface area contributed by atoms with Crippen LogP contribution in [0.3, 0.4) is 0 Å². The molecule has 1 amide bonds. The lowest BCUT2D eigenvalue weighted by atomic mass is 9.81. The molecule has 13 heavy (non-hydrogen) atoms. The van der Waals surface area contributed by atoms with Crippen molar-refractivity contribution in [2.75, 3.05) is 6.54 Å². The van der Waals surface area contributed by atoms with Gasteiger partial charge in [0, 0.05) is 13.5 Å². The zero-order valence-electron chi connectivity index (χ0n) is 9.61. The average molecular weight is 185 g/mol. The highest BCUT2D eigenvalue weighted by molar-refractivity contribution is 5.72. The topological polar surface area (TPSA) is 29.1 Å². The second kappa shape index (κ2) is 5.25. The zero-order valence-corrected chi connectivity index (χ0v) is 9.61. The summed E-state index contributed by atoms with van der Waals surface area (Å²) in [5.74, 6) is 0.639. The van der Waals surface area contributed by atoms with Gasteiger partial charge in [-0.05, 0) is 17.8 Å². The first kappa shape index (κ1) is 12.5. The SMILES string of the molecule is CCC(C)(C)CC(C)CNC(C)=O. The number of hydrogen-bond donors (Lipinski definition) is 1. The first-order valence-electron chi connectivity index (χ1n) is 5.12. The highest BCUT2D eigenvalue weighted by atomic mass is 16.1. The van der Waals surface area contributed by atoms with Gasteiger partial charge in [0.15, 0.2) is 0 Å². The molecule has 1 N–H and O–H groups in total. The van der Waals surface area contributed by atoms with Crippen LogP contribution in [0.2, 0.25) is 0 Å². The molecule has 0 aromatic heterocycles. The van der Waals surface area contributed by atoms with Gasteiger partial charge in [-0.1, -0.05) is 34.1 Å². The summed E-state index contributed by atoms with van der Waals surface area (Å²) in [6.45, 7) is 11.3. The molecule has 0 spiro atoms. The molecule has 0 rings (SSSR count). The van der Waals surface area contributed by atoms with E-state index in [9.17, 15) is 4.79 Å². The largest absolute Gasteiger partial charge is 0.356 e. The van der Waals surface area contributed by atoms with Crippen LogP contribution in [0, 0.1) is 11.3 Å². The number of rotatable bonds is 5. The Hall–Kier alpha value is -0.530. The van der Waals surface area contributed by atoms with Crippen LogP contribution in [-0.2, 0) is 4.79 Å².